The smallest absolute Gasteiger partial charge is 0.204 e. The van der Waals surface area contributed by atoms with E-state index in [1.807, 2.05) is 44.4 Å². The van der Waals surface area contributed by atoms with Crippen LogP contribution in [0.15, 0.2) is 30.5 Å². The first kappa shape index (κ1) is 15.4. The van der Waals surface area contributed by atoms with E-state index in [2.05, 4.69) is 33.9 Å². The van der Waals surface area contributed by atoms with Crippen molar-refractivity contribution in [1.82, 2.24) is 14.9 Å². The Morgan fingerprint density at radius 2 is 1.95 bits per heavy atom. The molecule has 1 aromatic heterocycles. The number of hydrogen-bond acceptors (Lipinski definition) is 4. The number of ether oxygens (including phenoxy) is 1. The van der Waals surface area contributed by atoms with Gasteiger partial charge in [-0.15, -0.1) is 0 Å². The summed E-state index contributed by atoms with van der Waals surface area (Å²) in [5, 5.41) is 3.53. The van der Waals surface area contributed by atoms with Gasteiger partial charge < -0.3 is 19.5 Å². The molecule has 0 radical (unpaired) electrons. The van der Waals surface area contributed by atoms with Crippen LogP contribution in [-0.2, 0) is 13.6 Å². The normalized spacial score (nSPS) is 12.2. The second kappa shape index (κ2) is 6.63. The molecule has 0 spiro atoms. The maximum atomic E-state index is 5.18. The summed E-state index contributed by atoms with van der Waals surface area (Å²) in [5.74, 6) is 1.84. The molecule has 1 aromatic carbocycles. The van der Waals surface area contributed by atoms with Crippen LogP contribution < -0.4 is 15.0 Å². The van der Waals surface area contributed by atoms with E-state index in [4.69, 9.17) is 4.74 Å². The molecule has 114 valence electrons. The van der Waals surface area contributed by atoms with Gasteiger partial charge in [0.15, 0.2) is 0 Å². The van der Waals surface area contributed by atoms with Gasteiger partial charge in [-0.3, -0.25) is 0 Å². The second-order valence-corrected chi connectivity index (χ2v) is 5.38. The largest absolute Gasteiger partial charge is 0.497 e. The number of imidazole rings is 1. The zero-order valence-electron chi connectivity index (χ0n) is 13.4. The van der Waals surface area contributed by atoms with Gasteiger partial charge in [-0.1, -0.05) is 12.1 Å². The van der Waals surface area contributed by atoms with Gasteiger partial charge in [0.25, 0.3) is 0 Å². The van der Waals surface area contributed by atoms with Crippen LogP contribution in [0.3, 0.4) is 0 Å². The van der Waals surface area contributed by atoms with Crippen molar-refractivity contribution in [3.8, 4) is 5.75 Å². The van der Waals surface area contributed by atoms with Crippen LogP contribution in [-0.4, -0.2) is 30.8 Å². The van der Waals surface area contributed by atoms with Crippen LogP contribution in [0.4, 0.5) is 5.95 Å². The molecule has 0 bridgehead atoms. The molecule has 5 heteroatoms. The first-order valence-corrected chi connectivity index (χ1v) is 7.08. The molecule has 0 aliphatic heterocycles. The van der Waals surface area contributed by atoms with Gasteiger partial charge in [0.2, 0.25) is 5.95 Å². The SMILES string of the molecule is COc1ccc([C@@H](C)NCc2cnc(N(C)C)n2C)cc1. The van der Waals surface area contributed by atoms with Crippen LogP contribution in [0.1, 0.15) is 24.2 Å². The molecule has 2 rings (SSSR count). The summed E-state index contributed by atoms with van der Waals surface area (Å²) in [7, 11) is 7.72. The van der Waals surface area contributed by atoms with Gasteiger partial charge in [-0.05, 0) is 24.6 Å². The van der Waals surface area contributed by atoms with Crippen LogP contribution in [0.25, 0.3) is 0 Å². The van der Waals surface area contributed by atoms with Crippen molar-refractivity contribution in [3.63, 3.8) is 0 Å². The molecular formula is C16H24N4O. The first-order valence-electron chi connectivity index (χ1n) is 7.08. The van der Waals surface area contributed by atoms with E-state index >= 15 is 0 Å². The van der Waals surface area contributed by atoms with Crippen molar-refractivity contribution in [1.29, 1.82) is 0 Å². The van der Waals surface area contributed by atoms with Gasteiger partial charge >= 0.3 is 0 Å². The number of benzene rings is 1. The molecule has 5 nitrogen and oxygen atoms in total. The molecule has 0 fully saturated rings. The minimum Gasteiger partial charge on any atom is -0.497 e. The summed E-state index contributed by atoms with van der Waals surface area (Å²) < 4.78 is 7.29. The number of nitrogens with one attached hydrogen (secondary N) is 1. The van der Waals surface area contributed by atoms with Crippen LogP contribution >= 0.6 is 0 Å². The third kappa shape index (κ3) is 3.55. The van der Waals surface area contributed by atoms with Gasteiger partial charge in [0.05, 0.1) is 19.0 Å². The lowest BCUT2D eigenvalue weighted by Gasteiger charge is -2.16. The van der Waals surface area contributed by atoms with Crippen molar-refractivity contribution >= 4 is 5.95 Å². The van der Waals surface area contributed by atoms with Gasteiger partial charge in [0, 0.05) is 33.7 Å². The van der Waals surface area contributed by atoms with E-state index < -0.39 is 0 Å². The lowest BCUT2D eigenvalue weighted by atomic mass is 10.1. The van der Waals surface area contributed by atoms with E-state index in [0.29, 0.717) is 0 Å². The monoisotopic (exact) mass is 288 g/mol. The summed E-state index contributed by atoms with van der Waals surface area (Å²) in [6.45, 7) is 2.94. The van der Waals surface area contributed by atoms with Crippen LogP contribution in [0.5, 0.6) is 5.75 Å². The fourth-order valence-corrected chi connectivity index (χ4v) is 2.28. The number of nitrogens with zero attached hydrogens (tertiary/aromatic N) is 3. The standard InChI is InChI=1S/C16H24N4O/c1-12(13-6-8-15(21-5)9-7-13)17-10-14-11-18-16(19(2)3)20(14)4/h6-9,11-12,17H,10H2,1-5H3/t12-/m1/s1. The molecule has 2 aromatic rings. The minimum absolute atomic E-state index is 0.272. The molecule has 1 heterocycles. The highest BCUT2D eigenvalue weighted by Gasteiger charge is 2.10. The van der Waals surface area contributed by atoms with Crippen LogP contribution in [0, 0.1) is 0 Å². The molecule has 0 saturated heterocycles. The van der Waals surface area contributed by atoms with Gasteiger partial charge in [-0.25, -0.2) is 4.98 Å². The number of methoxy groups -OCH3 is 1. The fraction of sp³-hybridized carbons (Fsp3) is 0.438. The van der Waals surface area contributed by atoms with Crippen LogP contribution in [0.2, 0.25) is 0 Å². The van der Waals surface area contributed by atoms with E-state index in [-0.39, 0.29) is 6.04 Å². The summed E-state index contributed by atoms with van der Waals surface area (Å²) in [5.41, 5.74) is 2.41. The maximum absolute atomic E-state index is 5.18. The quantitative estimate of drug-likeness (QED) is 0.886. The Morgan fingerprint density at radius 3 is 2.48 bits per heavy atom. The lowest BCUT2D eigenvalue weighted by molar-refractivity contribution is 0.414. The molecule has 21 heavy (non-hydrogen) atoms. The predicted octanol–water partition coefficient (Wildman–Crippen LogP) is 2.35. The third-order valence-electron chi connectivity index (χ3n) is 3.67. The second-order valence-electron chi connectivity index (χ2n) is 5.38. The molecule has 0 aliphatic rings. The average Bonchev–Trinajstić information content (AvgIpc) is 2.86. The topological polar surface area (TPSA) is 42.3 Å². The van der Waals surface area contributed by atoms with E-state index in [1.54, 1.807) is 7.11 Å². The highest BCUT2D eigenvalue weighted by molar-refractivity contribution is 5.31. The maximum Gasteiger partial charge on any atom is 0.204 e. The molecule has 0 unspecified atom stereocenters. The molecule has 1 atom stereocenters. The number of aromatic nitrogens is 2. The summed E-state index contributed by atoms with van der Waals surface area (Å²) >= 11 is 0. The molecule has 1 N–H and O–H groups in total. The Labute approximate surface area is 126 Å². The molecule has 0 aliphatic carbocycles. The van der Waals surface area contributed by atoms with Crippen molar-refractivity contribution in [3.05, 3.63) is 41.7 Å². The zero-order chi connectivity index (χ0) is 15.4. The fourth-order valence-electron chi connectivity index (χ4n) is 2.28. The van der Waals surface area contributed by atoms with Gasteiger partial charge in [-0.2, -0.15) is 0 Å². The molecule has 0 saturated carbocycles. The Balaban J connectivity index is 1.98. The Kier molecular flexibility index (Phi) is 4.85. The first-order chi connectivity index (χ1) is 10.0. The molecular weight excluding hydrogens is 264 g/mol. The average molecular weight is 288 g/mol. The van der Waals surface area contributed by atoms with E-state index in [9.17, 15) is 0 Å². The highest BCUT2D eigenvalue weighted by atomic mass is 16.5. The highest BCUT2D eigenvalue weighted by Crippen LogP contribution is 2.18. The van der Waals surface area contributed by atoms with Crippen molar-refractivity contribution < 1.29 is 4.74 Å². The lowest BCUT2D eigenvalue weighted by Crippen LogP contribution is -2.20. The number of hydrogen-bond donors (Lipinski definition) is 1. The van der Waals surface area contributed by atoms with Crippen molar-refractivity contribution in [2.45, 2.75) is 19.5 Å². The van der Waals surface area contributed by atoms with Gasteiger partial charge in [0.1, 0.15) is 5.75 Å². The van der Waals surface area contributed by atoms with E-state index in [0.717, 1.165) is 18.2 Å². The number of rotatable bonds is 6. The van der Waals surface area contributed by atoms with E-state index in [1.165, 1.54) is 11.3 Å². The zero-order valence-corrected chi connectivity index (χ0v) is 13.4. The Bertz CT molecular complexity index is 574. The van der Waals surface area contributed by atoms with Crippen molar-refractivity contribution in [2.75, 3.05) is 26.1 Å². The summed E-state index contributed by atoms with van der Waals surface area (Å²) in [6.07, 6.45) is 1.92. The Morgan fingerprint density at radius 1 is 1.29 bits per heavy atom. The minimum atomic E-state index is 0.272. The Hall–Kier alpha value is -2.01. The molecule has 0 amide bonds. The number of anilines is 1. The third-order valence-corrected chi connectivity index (χ3v) is 3.67. The predicted molar refractivity (Wildman–Crippen MR) is 85.8 cm³/mol. The summed E-state index contributed by atoms with van der Waals surface area (Å²) in [6, 6.07) is 8.42. The summed E-state index contributed by atoms with van der Waals surface area (Å²) in [4.78, 5) is 6.43. The van der Waals surface area contributed by atoms with Crippen molar-refractivity contribution in [2.24, 2.45) is 7.05 Å².